The number of allylic oxidation sites excluding steroid dienone is 1. The molecule has 1 atom stereocenters. The molecule has 0 saturated carbocycles. The average Bonchev–Trinajstić information content (AvgIpc) is 2.41. The molecule has 0 radical (unpaired) electrons. The van der Waals surface area contributed by atoms with Crippen molar-refractivity contribution in [2.24, 2.45) is 0 Å². The number of rotatable bonds is 1. The maximum absolute atomic E-state index is 2.37. The highest BCUT2D eigenvalue weighted by Crippen LogP contribution is 2.44. The van der Waals surface area contributed by atoms with Crippen molar-refractivity contribution in [1.29, 1.82) is 0 Å². The minimum absolute atomic E-state index is 0.206. The molecule has 1 aromatic rings. The zero-order chi connectivity index (χ0) is 11.1. The third-order valence-electron chi connectivity index (χ3n) is 3.51. The van der Waals surface area contributed by atoms with Gasteiger partial charge in [-0.1, -0.05) is 44.2 Å². The number of fused-ring (bicyclic) bond motifs is 1. The molecule has 0 aromatic heterocycles. The van der Waals surface area contributed by atoms with Crippen LogP contribution >= 0.6 is 0 Å². The summed E-state index contributed by atoms with van der Waals surface area (Å²) in [6, 6.07) is 9.17. The van der Waals surface area contributed by atoms with Crippen molar-refractivity contribution in [2.45, 2.75) is 32.2 Å². The molecule has 1 aliphatic rings. The van der Waals surface area contributed by atoms with E-state index >= 15 is 0 Å². The molecular weight excluding hydrogens is 182 g/mol. The quantitative estimate of drug-likeness (QED) is 0.630. The fourth-order valence-corrected chi connectivity index (χ4v) is 2.67. The van der Waals surface area contributed by atoms with E-state index in [0.717, 1.165) is 0 Å². The minimum Gasteiger partial charge on any atom is -0.367 e. The van der Waals surface area contributed by atoms with Crippen LogP contribution in [0.1, 0.15) is 26.3 Å². The van der Waals surface area contributed by atoms with Gasteiger partial charge < -0.3 is 4.90 Å². The van der Waals surface area contributed by atoms with Crippen LogP contribution in [0, 0.1) is 0 Å². The van der Waals surface area contributed by atoms with E-state index in [1.807, 2.05) is 0 Å². The van der Waals surface area contributed by atoms with Gasteiger partial charge in [0.2, 0.25) is 0 Å². The second-order valence-corrected chi connectivity index (χ2v) is 4.82. The summed E-state index contributed by atoms with van der Waals surface area (Å²) in [5, 5.41) is 0. The van der Waals surface area contributed by atoms with E-state index in [-0.39, 0.29) is 5.41 Å². The molecule has 0 fully saturated rings. The first-order chi connectivity index (χ1) is 7.09. The van der Waals surface area contributed by atoms with Crippen LogP contribution in [0.4, 0.5) is 5.69 Å². The second kappa shape index (κ2) is 3.41. The monoisotopic (exact) mass is 201 g/mol. The summed E-state index contributed by atoms with van der Waals surface area (Å²) in [7, 11) is 2.18. The Morgan fingerprint density at radius 2 is 1.93 bits per heavy atom. The second-order valence-electron chi connectivity index (χ2n) is 4.82. The predicted octanol–water partition coefficient (Wildman–Crippen LogP) is 3.36. The Hall–Kier alpha value is -1.24. The fourth-order valence-electron chi connectivity index (χ4n) is 2.67. The molecule has 80 valence electrons. The summed E-state index contributed by atoms with van der Waals surface area (Å²) in [6.07, 6.45) is 4.44. The molecule has 0 spiro atoms. The predicted molar refractivity (Wildman–Crippen MR) is 66.5 cm³/mol. The molecule has 1 nitrogen and oxygen atoms in total. The Balaban J connectivity index is 2.54. The van der Waals surface area contributed by atoms with Gasteiger partial charge in [-0.3, -0.25) is 0 Å². The standard InChI is InChI=1S/C14H19N/c1-5-8-13-14(2,3)11-9-6-7-10-12(11)15(13)4/h5-10,13H,1-4H3/b8-5+. The molecule has 1 heterocycles. The zero-order valence-electron chi connectivity index (χ0n) is 9.99. The first kappa shape index (κ1) is 10.3. The van der Waals surface area contributed by atoms with Crippen molar-refractivity contribution in [3.05, 3.63) is 42.0 Å². The van der Waals surface area contributed by atoms with E-state index in [2.05, 4.69) is 69.1 Å². The lowest BCUT2D eigenvalue weighted by molar-refractivity contribution is 0.487. The van der Waals surface area contributed by atoms with Gasteiger partial charge in [-0.15, -0.1) is 0 Å². The molecule has 0 saturated heterocycles. The molecule has 1 unspecified atom stereocenters. The van der Waals surface area contributed by atoms with Crippen molar-refractivity contribution >= 4 is 5.69 Å². The van der Waals surface area contributed by atoms with Crippen LogP contribution in [-0.4, -0.2) is 13.1 Å². The van der Waals surface area contributed by atoms with Gasteiger partial charge in [0, 0.05) is 18.2 Å². The summed E-state index contributed by atoms with van der Waals surface area (Å²) in [6.45, 7) is 6.73. The number of para-hydroxylation sites is 1. The zero-order valence-corrected chi connectivity index (χ0v) is 9.99. The fraction of sp³-hybridized carbons (Fsp3) is 0.429. The van der Waals surface area contributed by atoms with E-state index < -0.39 is 0 Å². The Kier molecular flexibility index (Phi) is 2.34. The summed E-state index contributed by atoms with van der Waals surface area (Å²) in [4.78, 5) is 2.37. The van der Waals surface area contributed by atoms with Crippen molar-refractivity contribution in [2.75, 3.05) is 11.9 Å². The van der Waals surface area contributed by atoms with E-state index in [1.54, 1.807) is 0 Å². The highest BCUT2D eigenvalue weighted by Gasteiger charge is 2.40. The average molecular weight is 201 g/mol. The van der Waals surface area contributed by atoms with Gasteiger partial charge in [-0.05, 0) is 18.6 Å². The lowest BCUT2D eigenvalue weighted by Gasteiger charge is -2.29. The van der Waals surface area contributed by atoms with Gasteiger partial charge in [-0.25, -0.2) is 0 Å². The molecule has 0 amide bonds. The number of benzene rings is 1. The normalized spacial score (nSPS) is 23.5. The number of nitrogens with zero attached hydrogens (tertiary/aromatic N) is 1. The third kappa shape index (κ3) is 1.38. The summed E-state index contributed by atoms with van der Waals surface area (Å²) < 4.78 is 0. The van der Waals surface area contributed by atoms with Crippen molar-refractivity contribution in [1.82, 2.24) is 0 Å². The van der Waals surface area contributed by atoms with Gasteiger partial charge in [0.05, 0.1) is 6.04 Å². The molecule has 0 bridgehead atoms. The first-order valence-electron chi connectivity index (χ1n) is 5.54. The lowest BCUT2D eigenvalue weighted by Crippen LogP contribution is -2.37. The van der Waals surface area contributed by atoms with E-state index in [1.165, 1.54) is 11.3 Å². The highest BCUT2D eigenvalue weighted by atomic mass is 15.2. The van der Waals surface area contributed by atoms with Crippen molar-refractivity contribution in [3.63, 3.8) is 0 Å². The Morgan fingerprint density at radius 3 is 2.53 bits per heavy atom. The van der Waals surface area contributed by atoms with E-state index in [9.17, 15) is 0 Å². The van der Waals surface area contributed by atoms with Crippen LogP contribution in [-0.2, 0) is 5.41 Å². The van der Waals surface area contributed by atoms with Crippen LogP contribution < -0.4 is 4.90 Å². The van der Waals surface area contributed by atoms with E-state index in [0.29, 0.717) is 6.04 Å². The van der Waals surface area contributed by atoms with Gasteiger partial charge in [-0.2, -0.15) is 0 Å². The first-order valence-corrected chi connectivity index (χ1v) is 5.54. The Labute approximate surface area is 92.4 Å². The molecule has 1 aromatic carbocycles. The molecular formula is C14H19N. The molecule has 1 aliphatic heterocycles. The maximum Gasteiger partial charge on any atom is 0.0562 e. The molecule has 0 N–H and O–H groups in total. The van der Waals surface area contributed by atoms with Crippen LogP contribution in [0.25, 0.3) is 0 Å². The van der Waals surface area contributed by atoms with Crippen molar-refractivity contribution in [3.8, 4) is 0 Å². The summed E-state index contributed by atoms with van der Waals surface area (Å²) in [5.41, 5.74) is 3.03. The molecule has 2 rings (SSSR count). The Morgan fingerprint density at radius 1 is 1.27 bits per heavy atom. The minimum atomic E-state index is 0.206. The maximum atomic E-state index is 2.37. The van der Waals surface area contributed by atoms with Crippen LogP contribution in [0.3, 0.4) is 0 Å². The third-order valence-corrected chi connectivity index (χ3v) is 3.51. The van der Waals surface area contributed by atoms with Gasteiger partial charge in [0.1, 0.15) is 0 Å². The molecule has 1 heteroatoms. The van der Waals surface area contributed by atoms with Gasteiger partial charge in [0.15, 0.2) is 0 Å². The Bertz CT molecular complexity index is 390. The number of hydrogen-bond donors (Lipinski definition) is 0. The topological polar surface area (TPSA) is 3.24 Å². The van der Waals surface area contributed by atoms with Crippen LogP contribution in [0.2, 0.25) is 0 Å². The smallest absolute Gasteiger partial charge is 0.0562 e. The largest absolute Gasteiger partial charge is 0.367 e. The summed E-state index contributed by atoms with van der Waals surface area (Å²) >= 11 is 0. The highest BCUT2D eigenvalue weighted by molar-refractivity contribution is 5.64. The van der Waals surface area contributed by atoms with Crippen LogP contribution in [0.5, 0.6) is 0 Å². The SMILES string of the molecule is C/C=C/C1N(C)c2ccccc2C1(C)C. The number of likely N-dealkylation sites (N-methyl/N-ethyl adjacent to an activating group) is 1. The summed E-state index contributed by atoms with van der Waals surface area (Å²) in [5.74, 6) is 0. The van der Waals surface area contributed by atoms with E-state index in [4.69, 9.17) is 0 Å². The molecule has 15 heavy (non-hydrogen) atoms. The lowest BCUT2D eigenvalue weighted by atomic mass is 9.80. The number of hydrogen-bond acceptors (Lipinski definition) is 1. The number of anilines is 1. The van der Waals surface area contributed by atoms with Gasteiger partial charge in [0.25, 0.3) is 0 Å². The van der Waals surface area contributed by atoms with Crippen LogP contribution in [0.15, 0.2) is 36.4 Å². The molecule has 0 aliphatic carbocycles. The van der Waals surface area contributed by atoms with Gasteiger partial charge >= 0.3 is 0 Å². The van der Waals surface area contributed by atoms with Crippen molar-refractivity contribution < 1.29 is 0 Å².